The van der Waals surface area contributed by atoms with Gasteiger partial charge in [0.1, 0.15) is 5.78 Å². The Morgan fingerprint density at radius 2 is 1.83 bits per heavy atom. The lowest BCUT2D eigenvalue weighted by molar-refractivity contribution is -0.142. The van der Waals surface area contributed by atoms with Crippen molar-refractivity contribution in [3.63, 3.8) is 0 Å². The number of ketones is 3. The van der Waals surface area contributed by atoms with Crippen LogP contribution in [-0.4, -0.2) is 17.3 Å². The summed E-state index contributed by atoms with van der Waals surface area (Å²) in [6, 6.07) is 0. The molecule has 0 aromatic carbocycles. The van der Waals surface area contributed by atoms with Gasteiger partial charge in [-0.2, -0.15) is 0 Å². The van der Waals surface area contributed by atoms with Crippen molar-refractivity contribution in [3.05, 3.63) is 11.6 Å². The molecule has 3 heteroatoms. The van der Waals surface area contributed by atoms with Crippen LogP contribution in [-0.2, 0) is 14.4 Å². The van der Waals surface area contributed by atoms with E-state index in [4.69, 9.17) is 0 Å². The summed E-state index contributed by atoms with van der Waals surface area (Å²) in [5, 5.41) is 0. The topological polar surface area (TPSA) is 51.2 Å². The van der Waals surface area contributed by atoms with Crippen LogP contribution in [0.15, 0.2) is 11.6 Å². The molecule has 4 aliphatic rings. The third-order valence-corrected chi connectivity index (χ3v) is 8.33. The number of allylic oxidation sites excluding steroid dienone is 1. The van der Waals surface area contributed by atoms with Crippen molar-refractivity contribution in [2.75, 3.05) is 0 Å². The fraction of sp³-hybridized carbons (Fsp3) is 0.762. The Balaban J connectivity index is 1.71. The molecule has 3 fully saturated rings. The molecule has 24 heavy (non-hydrogen) atoms. The van der Waals surface area contributed by atoms with Crippen molar-refractivity contribution < 1.29 is 14.4 Å². The molecular weight excluding hydrogens is 300 g/mol. The molecule has 3 saturated carbocycles. The highest BCUT2D eigenvalue weighted by Crippen LogP contribution is 2.66. The van der Waals surface area contributed by atoms with Crippen molar-refractivity contribution in [2.24, 2.45) is 34.5 Å². The highest BCUT2D eigenvalue weighted by Gasteiger charge is 2.61. The molecule has 4 rings (SSSR count). The van der Waals surface area contributed by atoms with E-state index in [1.54, 1.807) is 13.0 Å². The van der Waals surface area contributed by atoms with E-state index in [1.807, 2.05) is 0 Å². The number of Topliss-reactive ketones (excluding diaryl/α,β-unsaturated/α-hetero) is 2. The Labute approximate surface area is 144 Å². The summed E-state index contributed by atoms with van der Waals surface area (Å²) in [6.07, 6.45) is 8.04. The van der Waals surface area contributed by atoms with Crippen molar-refractivity contribution >= 4 is 17.3 Å². The van der Waals surface area contributed by atoms with Crippen LogP contribution >= 0.6 is 0 Å². The second-order valence-corrected chi connectivity index (χ2v) is 9.14. The van der Waals surface area contributed by atoms with Gasteiger partial charge in [0.25, 0.3) is 0 Å². The van der Waals surface area contributed by atoms with E-state index in [2.05, 4.69) is 13.8 Å². The lowest BCUT2D eigenvalue weighted by atomic mass is 9.46. The predicted octanol–water partition coefficient (Wildman–Crippen LogP) is 3.90. The summed E-state index contributed by atoms with van der Waals surface area (Å²) in [6.45, 7) is 6.18. The van der Waals surface area contributed by atoms with Crippen molar-refractivity contribution in [1.82, 2.24) is 0 Å². The van der Waals surface area contributed by atoms with Gasteiger partial charge in [0, 0.05) is 5.92 Å². The van der Waals surface area contributed by atoms with Crippen molar-refractivity contribution in [3.8, 4) is 0 Å². The van der Waals surface area contributed by atoms with Crippen LogP contribution in [0.25, 0.3) is 0 Å². The van der Waals surface area contributed by atoms with Crippen molar-refractivity contribution in [2.45, 2.75) is 65.7 Å². The number of carbonyl (C=O) groups excluding carboxylic acids is 3. The zero-order chi connectivity index (χ0) is 17.3. The number of hydrogen-bond donors (Lipinski definition) is 0. The maximum atomic E-state index is 12.8. The summed E-state index contributed by atoms with van der Waals surface area (Å²) in [4.78, 5) is 36.8. The maximum Gasteiger partial charge on any atom is 0.163 e. The Morgan fingerprint density at radius 3 is 2.54 bits per heavy atom. The fourth-order valence-corrected chi connectivity index (χ4v) is 7.09. The van der Waals surface area contributed by atoms with E-state index in [9.17, 15) is 14.4 Å². The predicted molar refractivity (Wildman–Crippen MR) is 91.3 cm³/mol. The molecule has 0 spiro atoms. The van der Waals surface area contributed by atoms with E-state index in [-0.39, 0.29) is 29.3 Å². The highest BCUT2D eigenvalue weighted by molar-refractivity contribution is 6.11. The van der Waals surface area contributed by atoms with Crippen LogP contribution in [0, 0.1) is 34.5 Å². The van der Waals surface area contributed by atoms with Gasteiger partial charge in [-0.1, -0.05) is 12.5 Å². The average molecular weight is 328 g/mol. The maximum absolute atomic E-state index is 12.8. The second kappa shape index (κ2) is 5.12. The number of hydrogen-bond acceptors (Lipinski definition) is 3. The van der Waals surface area contributed by atoms with Crippen LogP contribution in [0.5, 0.6) is 0 Å². The Hall–Kier alpha value is -1.25. The van der Waals surface area contributed by atoms with E-state index in [0.717, 1.165) is 44.1 Å². The molecule has 0 amide bonds. The summed E-state index contributed by atoms with van der Waals surface area (Å²) < 4.78 is 0. The summed E-state index contributed by atoms with van der Waals surface area (Å²) in [5.41, 5.74) is 0.791. The highest BCUT2D eigenvalue weighted by atomic mass is 16.2. The number of fused-ring (bicyclic) bond motifs is 5. The monoisotopic (exact) mass is 328 g/mol. The van der Waals surface area contributed by atoms with E-state index >= 15 is 0 Å². The van der Waals surface area contributed by atoms with E-state index in [1.165, 1.54) is 0 Å². The molecule has 0 bridgehead atoms. The van der Waals surface area contributed by atoms with Gasteiger partial charge in [-0.15, -0.1) is 0 Å². The minimum absolute atomic E-state index is 0.0101. The van der Waals surface area contributed by atoms with Gasteiger partial charge < -0.3 is 0 Å². The van der Waals surface area contributed by atoms with E-state index in [0.29, 0.717) is 23.5 Å². The van der Waals surface area contributed by atoms with Gasteiger partial charge in [0.2, 0.25) is 0 Å². The molecule has 0 aromatic rings. The first-order chi connectivity index (χ1) is 11.3. The van der Waals surface area contributed by atoms with Gasteiger partial charge in [-0.3, -0.25) is 14.4 Å². The van der Waals surface area contributed by atoms with Crippen LogP contribution in [0.3, 0.4) is 0 Å². The standard InChI is InChI=1S/C21H28O3/c1-12(22)16-6-7-17-15-5-4-13-10-14(23)11-19(24)21(13,3)18(15)8-9-20(16,17)2/h10,15-18H,4-9,11H2,1-3H3. The quantitative estimate of drug-likeness (QED) is 0.686. The Bertz CT molecular complexity index is 660. The third kappa shape index (κ3) is 1.93. The van der Waals surface area contributed by atoms with Crippen molar-refractivity contribution in [1.29, 1.82) is 0 Å². The number of carbonyl (C=O) groups is 3. The number of rotatable bonds is 1. The lowest BCUT2D eigenvalue weighted by Crippen LogP contribution is -2.54. The minimum atomic E-state index is -0.424. The molecule has 6 unspecified atom stereocenters. The zero-order valence-corrected chi connectivity index (χ0v) is 15.1. The molecule has 0 aromatic heterocycles. The molecule has 6 atom stereocenters. The SMILES string of the molecule is CC(=O)C1CCC2C3CCC4=CC(=O)CC(=O)C4(C)C3CCC12C. The zero-order valence-electron chi connectivity index (χ0n) is 15.1. The first-order valence-electron chi connectivity index (χ1n) is 9.56. The molecule has 0 aliphatic heterocycles. The van der Waals surface area contributed by atoms with Crippen LogP contribution in [0.4, 0.5) is 0 Å². The summed E-state index contributed by atoms with van der Waals surface area (Å²) in [7, 11) is 0. The molecule has 130 valence electrons. The smallest absolute Gasteiger partial charge is 0.163 e. The van der Waals surface area contributed by atoms with E-state index < -0.39 is 5.41 Å². The Morgan fingerprint density at radius 1 is 1.08 bits per heavy atom. The van der Waals surface area contributed by atoms with Gasteiger partial charge >= 0.3 is 0 Å². The van der Waals surface area contributed by atoms with Crippen LogP contribution in [0.1, 0.15) is 65.7 Å². The molecule has 4 aliphatic carbocycles. The molecule has 0 N–H and O–H groups in total. The minimum Gasteiger partial charge on any atom is -0.300 e. The first kappa shape index (κ1) is 16.2. The van der Waals surface area contributed by atoms with Gasteiger partial charge in [0.15, 0.2) is 11.6 Å². The van der Waals surface area contributed by atoms with Gasteiger partial charge in [-0.05, 0) is 81.6 Å². The molecular formula is C21H28O3. The summed E-state index contributed by atoms with van der Waals surface area (Å²) >= 11 is 0. The van der Waals surface area contributed by atoms with Crippen LogP contribution in [0.2, 0.25) is 0 Å². The Kier molecular flexibility index (Phi) is 3.47. The largest absolute Gasteiger partial charge is 0.300 e. The lowest BCUT2D eigenvalue weighted by Gasteiger charge is -2.57. The van der Waals surface area contributed by atoms with Gasteiger partial charge in [0.05, 0.1) is 11.8 Å². The van der Waals surface area contributed by atoms with Gasteiger partial charge in [-0.25, -0.2) is 0 Å². The second-order valence-electron chi connectivity index (χ2n) is 9.14. The third-order valence-electron chi connectivity index (χ3n) is 8.33. The summed E-state index contributed by atoms with van der Waals surface area (Å²) in [5.74, 6) is 2.15. The molecule has 0 radical (unpaired) electrons. The average Bonchev–Trinajstić information content (AvgIpc) is 2.86. The normalized spacial score (nSPS) is 47.5. The molecule has 3 nitrogen and oxygen atoms in total. The molecule has 0 saturated heterocycles. The first-order valence-corrected chi connectivity index (χ1v) is 9.56. The van der Waals surface area contributed by atoms with Crippen LogP contribution < -0.4 is 0 Å². The molecule has 0 heterocycles. The fourth-order valence-electron chi connectivity index (χ4n) is 7.09.